The number of hydrogen-bond donors (Lipinski definition) is 0. The molecule has 0 aromatic rings. The molecule has 3 saturated carbocycles. The molecule has 150 valence electrons. The smallest absolute Gasteiger partial charge is 0.316 e. The summed E-state index contributed by atoms with van der Waals surface area (Å²) in [6.45, 7) is 2.25. The van der Waals surface area contributed by atoms with Crippen LogP contribution in [0.2, 0.25) is 0 Å². The highest BCUT2D eigenvalue weighted by Gasteiger charge is 2.49. The number of ether oxygens (including phenoxy) is 1. The van der Waals surface area contributed by atoms with Crippen molar-refractivity contribution in [3.63, 3.8) is 0 Å². The molecule has 0 aliphatic heterocycles. The molecule has 0 aromatic carbocycles. The van der Waals surface area contributed by atoms with E-state index < -0.39 is 43.6 Å². The topological polar surface area (TPSA) is 9.23 Å². The first-order chi connectivity index (χ1) is 12.3. The van der Waals surface area contributed by atoms with Gasteiger partial charge in [0.05, 0.1) is 12.0 Å². The lowest BCUT2D eigenvalue weighted by atomic mass is 9.69. The van der Waals surface area contributed by atoms with Crippen LogP contribution in [0.1, 0.15) is 71.1 Å². The molecule has 3 rings (SSSR count). The molecular formula is C20H29F5O. The van der Waals surface area contributed by atoms with Gasteiger partial charge in [0.15, 0.2) is 6.17 Å². The second-order valence-electron chi connectivity index (χ2n) is 8.42. The number of halogens is 5. The van der Waals surface area contributed by atoms with Crippen molar-refractivity contribution < 1.29 is 26.7 Å². The normalized spacial score (nSPS) is 37.2. The fourth-order valence-electron chi connectivity index (χ4n) is 4.68. The Labute approximate surface area is 153 Å². The standard InChI is InChI=1S/C20H29F5O/c1-12-2-4-13(5-3-12)14-6-8-15(9-7-14)20(24,25)26-16-10-17(21)19(23)18(22)11-16/h12,14,16-19H,2-11H2,1H3. The van der Waals surface area contributed by atoms with Crippen LogP contribution < -0.4 is 0 Å². The Morgan fingerprint density at radius 3 is 1.92 bits per heavy atom. The van der Waals surface area contributed by atoms with Crippen LogP contribution in [0.25, 0.3) is 0 Å². The third-order valence-electron chi connectivity index (χ3n) is 6.48. The van der Waals surface area contributed by atoms with E-state index in [-0.39, 0.29) is 18.8 Å². The second-order valence-corrected chi connectivity index (χ2v) is 8.42. The molecule has 3 aliphatic rings. The SMILES string of the molecule is CC1CC[C](C2CC[C](C(F)(F)OC3CC(F)C(F)C(F)C3)CC2)CC1. The first-order valence-corrected chi connectivity index (χ1v) is 9.94. The van der Waals surface area contributed by atoms with Gasteiger partial charge in [-0.1, -0.05) is 19.8 Å². The van der Waals surface area contributed by atoms with E-state index in [0.29, 0.717) is 18.8 Å². The molecule has 3 aliphatic carbocycles. The maximum atomic E-state index is 14.5. The highest BCUT2D eigenvalue weighted by atomic mass is 19.3. The minimum Gasteiger partial charge on any atom is -0.316 e. The van der Waals surface area contributed by atoms with Crippen molar-refractivity contribution in [2.24, 2.45) is 11.8 Å². The molecule has 0 bridgehead atoms. The van der Waals surface area contributed by atoms with Crippen molar-refractivity contribution >= 4 is 0 Å². The van der Waals surface area contributed by atoms with Gasteiger partial charge >= 0.3 is 6.11 Å². The lowest BCUT2D eigenvalue weighted by molar-refractivity contribution is -0.266. The Balaban J connectivity index is 1.48. The minimum atomic E-state index is -3.48. The largest absolute Gasteiger partial charge is 0.362 e. The zero-order valence-corrected chi connectivity index (χ0v) is 15.3. The van der Waals surface area contributed by atoms with E-state index in [4.69, 9.17) is 4.74 Å². The molecule has 26 heavy (non-hydrogen) atoms. The van der Waals surface area contributed by atoms with Gasteiger partial charge in [0.25, 0.3) is 0 Å². The molecule has 0 heterocycles. The summed E-state index contributed by atoms with van der Waals surface area (Å²) in [5.74, 6) is 2.70. The fourth-order valence-corrected chi connectivity index (χ4v) is 4.68. The zero-order valence-electron chi connectivity index (χ0n) is 15.3. The fraction of sp³-hybridized carbons (Fsp3) is 0.900. The Hall–Kier alpha value is -0.390. The van der Waals surface area contributed by atoms with Crippen molar-refractivity contribution in [2.75, 3.05) is 0 Å². The molecule has 2 unspecified atom stereocenters. The molecule has 1 nitrogen and oxygen atoms in total. The van der Waals surface area contributed by atoms with Gasteiger partial charge in [-0.15, -0.1) is 0 Å². The summed E-state index contributed by atoms with van der Waals surface area (Å²) in [4.78, 5) is 0. The summed E-state index contributed by atoms with van der Waals surface area (Å²) in [6.07, 6.45) is -5.61. The predicted octanol–water partition coefficient (Wildman–Crippen LogP) is 6.32. The Bertz CT molecular complexity index is 431. The molecule has 0 spiro atoms. The maximum absolute atomic E-state index is 14.5. The van der Waals surface area contributed by atoms with Gasteiger partial charge in [-0.25, -0.2) is 13.2 Å². The van der Waals surface area contributed by atoms with Crippen molar-refractivity contribution in [2.45, 2.75) is 102 Å². The monoisotopic (exact) mass is 380 g/mol. The van der Waals surface area contributed by atoms with Gasteiger partial charge < -0.3 is 4.74 Å². The Kier molecular flexibility index (Phi) is 6.51. The highest BCUT2D eigenvalue weighted by Crippen LogP contribution is 2.48. The van der Waals surface area contributed by atoms with Crippen molar-refractivity contribution in [1.29, 1.82) is 0 Å². The molecule has 0 aromatic heterocycles. The van der Waals surface area contributed by atoms with E-state index in [1.807, 2.05) is 0 Å². The Morgan fingerprint density at radius 1 is 0.846 bits per heavy atom. The average Bonchev–Trinajstić information content (AvgIpc) is 2.60. The quantitative estimate of drug-likeness (QED) is 0.519. The summed E-state index contributed by atoms with van der Waals surface area (Å²) >= 11 is 0. The third-order valence-corrected chi connectivity index (χ3v) is 6.48. The minimum absolute atomic E-state index is 0.0201. The Morgan fingerprint density at radius 2 is 1.38 bits per heavy atom. The van der Waals surface area contributed by atoms with E-state index in [2.05, 4.69) is 6.92 Å². The summed E-state index contributed by atoms with van der Waals surface area (Å²) < 4.78 is 73.7. The summed E-state index contributed by atoms with van der Waals surface area (Å²) in [5.41, 5.74) is 0. The lowest BCUT2D eigenvalue weighted by Gasteiger charge is -2.39. The van der Waals surface area contributed by atoms with E-state index in [1.54, 1.807) is 0 Å². The first kappa shape index (κ1) is 20.3. The van der Waals surface area contributed by atoms with Crippen LogP contribution >= 0.6 is 0 Å². The van der Waals surface area contributed by atoms with Crippen LogP contribution in [0.5, 0.6) is 0 Å². The van der Waals surface area contributed by atoms with Crippen molar-refractivity contribution in [3.8, 4) is 0 Å². The lowest BCUT2D eigenvalue weighted by Crippen LogP contribution is -2.45. The van der Waals surface area contributed by atoms with Crippen LogP contribution in [0, 0.1) is 23.7 Å². The molecule has 2 atom stereocenters. The molecule has 0 saturated heterocycles. The van der Waals surface area contributed by atoms with Gasteiger partial charge in [0, 0.05) is 12.8 Å². The van der Waals surface area contributed by atoms with Gasteiger partial charge in [-0.2, -0.15) is 8.78 Å². The highest BCUT2D eigenvalue weighted by molar-refractivity contribution is 5.09. The predicted molar refractivity (Wildman–Crippen MR) is 89.8 cm³/mol. The molecule has 0 N–H and O–H groups in total. The van der Waals surface area contributed by atoms with Crippen LogP contribution in [-0.4, -0.2) is 30.7 Å². The van der Waals surface area contributed by atoms with E-state index >= 15 is 0 Å². The van der Waals surface area contributed by atoms with Gasteiger partial charge in [-0.3, -0.25) is 0 Å². The van der Waals surface area contributed by atoms with Gasteiger partial charge in [0.1, 0.15) is 12.3 Å². The van der Waals surface area contributed by atoms with Crippen molar-refractivity contribution in [1.82, 2.24) is 0 Å². The van der Waals surface area contributed by atoms with E-state index in [1.165, 1.54) is 18.8 Å². The number of hydrogen-bond acceptors (Lipinski definition) is 1. The zero-order chi connectivity index (χ0) is 18.9. The van der Waals surface area contributed by atoms with Gasteiger partial charge in [0.2, 0.25) is 0 Å². The molecule has 3 fully saturated rings. The summed E-state index contributed by atoms with van der Waals surface area (Å²) in [5, 5.41) is 0. The number of alkyl halides is 5. The molecule has 0 amide bonds. The molecular weight excluding hydrogens is 351 g/mol. The van der Waals surface area contributed by atoms with Gasteiger partial charge in [-0.05, 0) is 56.3 Å². The summed E-state index contributed by atoms with van der Waals surface area (Å²) in [6, 6.07) is 0. The second kappa shape index (κ2) is 8.32. The number of rotatable bonds is 4. The van der Waals surface area contributed by atoms with Crippen LogP contribution in [0.15, 0.2) is 0 Å². The first-order valence-electron chi connectivity index (χ1n) is 9.94. The van der Waals surface area contributed by atoms with E-state index in [9.17, 15) is 22.0 Å². The van der Waals surface area contributed by atoms with Crippen molar-refractivity contribution in [3.05, 3.63) is 11.8 Å². The average molecular weight is 380 g/mol. The third kappa shape index (κ3) is 4.71. The maximum Gasteiger partial charge on any atom is 0.362 e. The van der Waals surface area contributed by atoms with Crippen LogP contribution in [0.4, 0.5) is 22.0 Å². The summed E-state index contributed by atoms with van der Waals surface area (Å²) in [7, 11) is 0. The molecule has 2 radical (unpaired) electrons. The van der Waals surface area contributed by atoms with Crippen LogP contribution in [0.3, 0.4) is 0 Å². The van der Waals surface area contributed by atoms with Crippen LogP contribution in [-0.2, 0) is 4.74 Å². The molecule has 6 heteroatoms. The van der Waals surface area contributed by atoms with E-state index in [0.717, 1.165) is 18.8 Å².